The molecule has 1 aliphatic carbocycles. The molecule has 1 aliphatic heterocycles. The highest BCUT2D eigenvalue weighted by molar-refractivity contribution is 5.98. The van der Waals surface area contributed by atoms with E-state index in [1.54, 1.807) is 9.80 Å². The summed E-state index contributed by atoms with van der Waals surface area (Å²) in [4.78, 5) is 42.9. The fourth-order valence-corrected chi connectivity index (χ4v) is 4.72. The molecule has 1 saturated carbocycles. The molecular formula is C24H38N4O5. The average Bonchev–Trinajstić information content (AvgIpc) is 3.34. The minimum atomic E-state index is -0.645. The van der Waals surface area contributed by atoms with Crippen LogP contribution in [-0.4, -0.2) is 76.5 Å². The van der Waals surface area contributed by atoms with Crippen molar-refractivity contribution in [2.75, 3.05) is 32.8 Å². The lowest BCUT2D eigenvalue weighted by atomic mass is 9.88. The molecule has 1 saturated heterocycles. The minimum absolute atomic E-state index is 0.0314. The van der Waals surface area contributed by atoms with Gasteiger partial charge in [-0.25, -0.2) is 0 Å². The Balaban J connectivity index is 1.73. The molecule has 9 heteroatoms. The summed E-state index contributed by atoms with van der Waals surface area (Å²) in [6, 6.07) is -0.645. The van der Waals surface area contributed by atoms with Crippen molar-refractivity contribution in [3.8, 4) is 0 Å². The number of aryl methyl sites for hydroxylation is 1. The lowest BCUT2D eigenvalue weighted by Crippen LogP contribution is -2.48. The monoisotopic (exact) mass is 462 g/mol. The van der Waals surface area contributed by atoms with E-state index in [2.05, 4.69) is 10.2 Å². The third-order valence-corrected chi connectivity index (χ3v) is 6.64. The van der Waals surface area contributed by atoms with Gasteiger partial charge < -0.3 is 19.0 Å². The zero-order valence-electron chi connectivity index (χ0n) is 20.1. The number of aromatic nitrogens is 2. The highest BCUT2D eigenvalue weighted by Gasteiger charge is 2.34. The van der Waals surface area contributed by atoms with Crippen LogP contribution in [0.4, 0.5) is 0 Å². The Morgan fingerprint density at radius 2 is 1.79 bits per heavy atom. The Morgan fingerprint density at radius 3 is 2.42 bits per heavy atom. The van der Waals surface area contributed by atoms with E-state index >= 15 is 0 Å². The van der Waals surface area contributed by atoms with Gasteiger partial charge in [0.1, 0.15) is 6.04 Å². The van der Waals surface area contributed by atoms with Crippen molar-refractivity contribution in [3.05, 3.63) is 11.8 Å². The van der Waals surface area contributed by atoms with Crippen molar-refractivity contribution < 1.29 is 23.5 Å². The number of carbonyl (C=O) groups is 3. The summed E-state index contributed by atoms with van der Waals surface area (Å²) in [5.74, 6) is 0.272. The van der Waals surface area contributed by atoms with E-state index < -0.39 is 6.04 Å². The molecule has 2 aliphatic rings. The van der Waals surface area contributed by atoms with Gasteiger partial charge in [-0.15, -0.1) is 10.2 Å². The van der Waals surface area contributed by atoms with Crippen LogP contribution in [0.3, 0.4) is 0 Å². The number of hydrogen-bond donors (Lipinski definition) is 0. The highest BCUT2D eigenvalue weighted by atomic mass is 16.5. The van der Waals surface area contributed by atoms with Gasteiger partial charge in [-0.2, -0.15) is 0 Å². The number of ketones is 1. The van der Waals surface area contributed by atoms with Crippen LogP contribution in [-0.2, 0) is 20.7 Å². The molecule has 3 rings (SSSR count). The lowest BCUT2D eigenvalue weighted by molar-refractivity contribution is -0.140. The molecule has 0 bridgehead atoms. The van der Waals surface area contributed by atoms with Crippen LogP contribution in [0.1, 0.15) is 88.2 Å². The van der Waals surface area contributed by atoms with Crippen LogP contribution in [0.25, 0.3) is 0 Å². The Bertz CT molecular complexity index is 784. The van der Waals surface area contributed by atoms with E-state index in [1.165, 1.54) is 6.42 Å². The van der Waals surface area contributed by atoms with E-state index in [4.69, 9.17) is 9.15 Å². The number of amides is 2. The largest absolute Gasteiger partial charge is 0.418 e. The van der Waals surface area contributed by atoms with Crippen LogP contribution in [0, 0.1) is 5.92 Å². The molecule has 1 atom stereocenters. The number of ether oxygens (including phenoxy) is 1. The number of Topliss-reactive ketones (excluding diaryl/α,β-unsaturated/α-hetero) is 1. The van der Waals surface area contributed by atoms with Crippen molar-refractivity contribution >= 4 is 17.6 Å². The van der Waals surface area contributed by atoms with Gasteiger partial charge in [0.2, 0.25) is 23.5 Å². The first-order valence-corrected chi connectivity index (χ1v) is 12.5. The number of carbonyl (C=O) groups excluding carboxylic acids is 3. The zero-order chi connectivity index (χ0) is 23.6. The van der Waals surface area contributed by atoms with E-state index in [0.717, 1.165) is 32.1 Å². The van der Waals surface area contributed by atoms with E-state index in [1.807, 2.05) is 13.8 Å². The SMILES string of the molecule is CCCC(C(=O)c1nnc(CC)o1)N(CC1CCCCC1)C(=O)CCC(=O)N1CCOCC1. The van der Waals surface area contributed by atoms with Crippen LogP contribution in [0.15, 0.2) is 4.42 Å². The maximum atomic E-state index is 13.4. The second kappa shape index (κ2) is 12.8. The fourth-order valence-electron chi connectivity index (χ4n) is 4.72. The zero-order valence-corrected chi connectivity index (χ0v) is 20.1. The van der Waals surface area contributed by atoms with Crippen molar-refractivity contribution in [1.29, 1.82) is 0 Å². The second-order valence-corrected chi connectivity index (χ2v) is 9.07. The van der Waals surface area contributed by atoms with Gasteiger partial charge in [0.05, 0.1) is 13.2 Å². The summed E-state index contributed by atoms with van der Waals surface area (Å²) in [6.07, 6.45) is 7.70. The molecule has 33 heavy (non-hydrogen) atoms. The summed E-state index contributed by atoms with van der Waals surface area (Å²) < 4.78 is 10.8. The summed E-state index contributed by atoms with van der Waals surface area (Å²) in [5.41, 5.74) is 0. The summed E-state index contributed by atoms with van der Waals surface area (Å²) >= 11 is 0. The molecule has 0 radical (unpaired) electrons. The van der Waals surface area contributed by atoms with E-state index in [-0.39, 0.29) is 36.3 Å². The Kier molecular flexibility index (Phi) is 9.84. The standard InChI is InChI=1S/C24H38N4O5/c1-3-8-19(23(31)24-26-25-20(4-2)33-24)28(17-18-9-6-5-7-10-18)22(30)12-11-21(29)27-13-15-32-16-14-27/h18-19H,3-17H2,1-2H3. The third-order valence-electron chi connectivity index (χ3n) is 6.64. The first kappa shape index (κ1) is 25.3. The number of nitrogens with zero attached hydrogens (tertiary/aromatic N) is 4. The van der Waals surface area contributed by atoms with Gasteiger partial charge in [0.25, 0.3) is 5.89 Å². The molecular weight excluding hydrogens is 424 g/mol. The fraction of sp³-hybridized carbons (Fsp3) is 0.792. The molecule has 0 spiro atoms. The summed E-state index contributed by atoms with van der Waals surface area (Å²) in [7, 11) is 0. The van der Waals surface area contributed by atoms with Gasteiger partial charge in [-0.1, -0.05) is 39.5 Å². The molecule has 184 valence electrons. The molecule has 2 fully saturated rings. The first-order chi connectivity index (χ1) is 16.0. The first-order valence-electron chi connectivity index (χ1n) is 12.5. The third kappa shape index (κ3) is 7.09. The molecule has 1 unspecified atom stereocenters. The summed E-state index contributed by atoms with van der Waals surface area (Å²) in [5, 5.41) is 7.87. The maximum absolute atomic E-state index is 13.4. The average molecular weight is 463 g/mol. The number of hydrogen-bond acceptors (Lipinski definition) is 7. The van der Waals surface area contributed by atoms with Crippen LogP contribution >= 0.6 is 0 Å². The maximum Gasteiger partial charge on any atom is 0.286 e. The van der Waals surface area contributed by atoms with Gasteiger partial charge in [0.15, 0.2) is 0 Å². The minimum Gasteiger partial charge on any atom is -0.418 e. The molecule has 9 nitrogen and oxygen atoms in total. The normalized spacial score (nSPS) is 18.2. The molecule has 1 aromatic heterocycles. The highest BCUT2D eigenvalue weighted by Crippen LogP contribution is 2.27. The van der Waals surface area contributed by atoms with Crippen molar-refractivity contribution in [2.45, 2.75) is 84.1 Å². The predicted molar refractivity (Wildman–Crippen MR) is 122 cm³/mol. The van der Waals surface area contributed by atoms with Gasteiger partial charge >= 0.3 is 0 Å². The van der Waals surface area contributed by atoms with Crippen LogP contribution in [0.5, 0.6) is 0 Å². The summed E-state index contributed by atoms with van der Waals surface area (Å²) in [6.45, 7) is 6.61. The van der Waals surface area contributed by atoms with E-state index in [0.29, 0.717) is 57.5 Å². The molecule has 2 amide bonds. The smallest absolute Gasteiger partial charge is 0.286 e. The molecule has 0 aromatic carbocycles. The van der Waals surface area contributed by atoms with Crippen LogP contribution in [0.2, 0.25) is 0 Å². The topological polar surface area (TPSA) is 106 Å². The predicted octanol–water partition coefficient (Wildman–Crippen LogP) is 3.03. The molecule has 0 N–H and O–H groups in total. The Labute approximate surface area is 196 Å². The number of morpholine rings is 1. The van der Waals surface area contributed by atoms with Crippen LogP contribution < -0.4 is 0 Å². The van der Waals surface area contributed by atoms with Crippen molar-refractivity contribution in [1.82, 2.24) is 20.0 Å². The Hall–Kier alpha value is -2.29. The van der Waals surface area contributed by atoms with Gasteiger partial charge in [0, 0.05) is 38.9 Å². The van der Waals surface area contributed by atoms with Gasteiger partial charge in [-0.05, 0) is 25.2 Å². The lowest BCUT2D eigenvalue weighted by Gasteiger charge is -2.35. The molecule has 1 aromatic rings. The van der Waals surface area contributed by atoms with Gasteiger partial charge in [-0.3, -0.25) is 14.4 Å². The quantitative estimate of drug-likeness (QED) is 0.465. The van der Waals surface area contributed by atoms with E-state index in [9.17, 15) is 14.4 Å². The van der Waals surface area contributed by atoms with Crippen molar-refractivity contribution in [2.24, 2.45) is 5.92 Å². The van der Waals surface area contributed by atoms with Crippen molar-refractivity contribution in [3.63, 3.8) is 0 Å². The number of rotatable bonds is 11. The Morgan fingerprint density at radius 1 is 1.06 bits per heavy atom. The molecule has 2 heterocycles. The second-order valence-electron chi connectivity index (χ2n) is 9.07.